The molecule has 2 rings (SSSR count). The number of nitrogens with one attached hydrogen (secondary N) is 2. The predicted molar refractivity (Wildman–Crippen MR) is 107 cm³/mol. The van der Waals surface area contributed by atoms with Crippen molar-refractivity contribution in [3.05, 3.63) is 48.0 Å². The van der Waals surface area contributed by atoms with Gasteiger partial charge in [0.15, 0.2) is 11.5 Å². The van der Waals surface area contributed by atoms with Crippen LogP contribution < -0.4 is 24.8 Å². The second kappa shape index (κ2) is 10.8. The molecule has 0 unspecified atom stereocenters. The van der Waals surface area contributed by atoms with Gasteiger partial charge in [0.05, 0.1) is 20.3 Å². The van der Waals surface area contributed by atoms with Crippen LogP contribution in [0.25, 0.3) is 0 Å². The van der Waals surface area contributed by atoms with E-state index in [9.17, 15) is 9.59 Å². The smallest absolute Gasteiger partial charge is 0.313 e. The summed E-state index contributed by atoms with van der Waals surface area (Å²) in [6.45, 7) is 5.23. The highest BCUT2D eigenvalue weighted by atomic mass is 16.5. The molecule has 0 heterocycles. The molecule has 0 saturated heterocycles. The maximum Gasteiger partial charge on any atom is 0.313 e. The van der Waals surface area contributed by atoms with Gasteiger partial charge in [0, 0.05) is 18.3 Å². The first kappa shape index (κ1) is 21.1. The van der Waals surface area contributed by atoms with Crippen LogP contribution in [0.4, 0.5) is 5.69 Å². The van der Waals surface area contributed by atoms with Gasteiger partial charge in [-0.25, -0.2) is 0 Å². The van der Waals surface area contributed by atoms with Gasteiger partial charge in [0.1, 0.15) is 5.75 Å². The first-order valence-electron chi connectivity index (χ1n) is 9.19. The van der Waals surface area contributed by atoms with Crippen LogP contribution in [0.1, 0.15) is 19.4 Å². The lowest BCUT2D eigenvalue weighted by Gasteiger charge is -2.12. The van der Waals surface area contributed by atoms with Crippen LogP contribution in [0, 0.1) is 0 Å². The van der Waals surface area contributed by atoms with Crippen LogP contribution in [-0.2, 0) is 16.0 Å². The van der Waals surface area contributed by atoms with Crippen molar-refractivity contribution in [2.24, 2.45) is 0 Å². The Labute approximate surface area is 165 Å². The molecule has 0 aliphatic rings. The van der Waals surface area contributed by atoms with Crippen LogP contribution in [0.2, 0.25) is 0 Å². The minimum atomic E-state index is -0.727. The van der Waals surface area contributed by atoms with Gasteiger partial charge >= 0.3 is 11.8 Å². The van der Waals surface area contributed by atoms with Gasteiger partial charge in [0.2, 0.25) is 0 Å². The molecule has 0 bridgehead atoms. The molecule has 2 aromatic rings. The molecule has 7 heteroatoms. The lowest BCUT2D eigenvalue weighted by molar-refractivity contribution is -0.136. The fourth-order valence-corrected chi connectivity index (χ4v) is 2.54. The summed E-state index contributed by atoms with van der Waals surface area (Å²) in [5, 5.41) is 5.16. The molecule has 0 fully saturated rings. The molecule has 0 aliphatic carbocycles. The zero-order chi connectivity index (χ0) is 20.4. The third-order valence-electron chi connectivity index (χ3n) is 3.84. The average Bonchev–Trinajstić information content (AvgIpc) is 2.70. The van der Waals surface area contributed by atoms with Crippen molar-refractivity contribution in [1.29, 1.82) is 0 Å². The van der Waals surface area contributed by atoms with E-state index < -0.39 is 11.8 Å². The first-order chi connectivity index (χ1) is 13.6. The van der Waals surface area contributed by atoms with E-state index in [2.05, 4.69) is 10.6 Å². The Hall–Kier alpha value is -3.22. The van der Waals surface area contributed by atoms with E-state index in [-0.39, 0.29) is 0 Å². The fourth-order valence-electron chi connectivity index (χ4n) is 2.54. The molecule has 0 aliphatic heterocycles. The van der Waals surface area contributed by atoms with Crippen molar-refractivity contribution in [3.63, 3.8) is 0 Å². The molecule has 0 saturated carbocycles. The Balaban J connectivity index is 1.87. The zero-order valence-corrected chi connectivity index (χ0v) is 16.4. The van der Waals surface area contributed by atoms with Gasteiger partial charge in [-0.2, -0.15) is 0 Å². The Bertz CT molecular complexity index is 807. The van der Waals surface area contributed by atoms with E-state index in [1.807, 2.05) is 32.0 Å². The van der Waals surface area contributed by atoms with Gasteiger partial charge < -0.3 is 24.8 Å². The lowest BCUT2D eigenvalue weighted by Crippen LogP contribution is -2.36. The second-order valence-corrected chi connectivity index (χ2v) is 5.84. The molecule has 0 aromatic heterocycles. The lowest BCUT2D eigenvalue weighted by atomic mass is 10.1. The van der Waals surface area contributed by atoms with Crippen LogP contribution in [-0.4, -0.2) is 38.7 Å². The highest BCUT2D eigenvalue weighted by Crippen LogP contribution is 2.28. The fraction of sp³-hybridized carbons (Fsp3) is 0.333. The number of hydrogen-bond donors (Lipinski definition) is 2. The van der Waals surface area contributed by atoms with E-state index in [1.54, 1.807) is 24.3 Å². The summed E-state index contributed by atoms with van der Waals surface area (Å²) >= 11 is 0. The topological polar surface area (TPSA) is 85.9 Å². The average molecular weight is 386 g/mol. The van der Waals surface area contributed by atoms with E-state index in [1.165, 1.54) is 7.11 Å². The molecular weight excluding hydrogens is 360 g/mol. The quantitative estimate of drug-likeness (QED) is 0.647. The number of anilines is 1. The van der Waals surface area contributed by atoms with E-state index in [0.717, 1.165) is 5.56 Å². The number of carbonyl (C=O) groups excluding carboxylic acids is 2. The highest BCUT2D eigenvalue weighted by molar-refractivity contribution is 6.39. The summed E-state index contributed by atoms with van der Waals surface area (Å²) < 4.78 is 16.2. The molecule has 28 heavy (non-hydrogen) atoms. The van der Waals surface area contributed by atoms with Crippen molar-refractivity contribution in [1.82, 2.24) is 5.32 Å². The number of benzene rings is 2. The zero-order valence-electron chi connectivity index (χ0n) is 16.4. The van der Waals surface area contributed by atoms with Gasteiger partial charge in [0.25, 0.3) is 0 Å². The number of rotatable bonds is 9. The predicted octanol–water partition coefficient (Wildman–Crippen LogP) is 2.79. The summed E-state index contributed by atoms with van der Waals surface area (Å²) in [7, 11) is 1.53. The number of hydrogen-bond acceptors (Lipinski definition) is 5. The van der Waals surface area contributed by atoms with Gasteiger partial charge in [-0.15, -0.1) is 0 Å². The van der Waals surface area contributed by atoms with Crippen LogP contribution in [0.15, 0.2) is 42.5 Å². The maximum absolute atomic E-state index is 12.0. The van der Waals surface area contributed by atoms with Crippen molar-refractivity contribution >= 4 is 17.5 Å². The molecule has 2 aromatic carbocycles. The van der Waals surface area contributed by atoms with Crippen molar-refractivity contribution in [2.75, 3.05) is 32.2 Å². The van der Waals surface area contributed by atoms with Gasteiger partial charge in [-0.05, 0) is 50.1 Å². The second-order valence-electron chi connectivity index (χ2n) is 5.84. The van der Waals surface area contributed by atoms with E-state index in [0.29, 0.717) is 49.1 Å². The van der Waals surface area contributed by atoms with Crippen molar-refractivity contribution in [3.8, 4) is 17.2 Å². The third kappa shape index (κ3) is 6.19. The largest absolute Gasteiger partial charge is 0.497 e. The molecule has 0 spiro atoms. The molecule has 2 amide bonds. The molecule has 0 atom stereocenters. The Morgan fingerprint density at radius 1 is 0.929 bits per heavy atom. The van der Waals surface area contributed by atoms with Gasteiger partial charge in [-0.1, -0.05) is 12.1 Å². The highest BCUT2D eigenvalue weighted by Gasteiger charge is 2.14. The van der Waals surface area contributed by atoms with Crippen LogP contribution >= 0.6 is 0 Å². The van der Waals surface area contributed by atoms with E-state index >= 15 is 0 Å². The summed E-state index contributed by atoms with van der Waals surface area (Å²) in [6, 6.07) is 12.5. The Morgan fingerprint density at radius 3 is 2.39 bits per heavy atom. The first-order valence-corrected chi connectivity index (χ1v) is 9.19. The number of carbonyl (C=O) groups is 2. The van der Waals surface area contributed by atoms with Crippen LogP contribution in [0.3, 0.4) is 0 Å². The minimum absolute atomic E-state index is 0.323. The molecule has 2 N–H and O–H groups in total. The molecular formula is C21H26N2O5. The van der Waals surface area contributed by atoms with Crippen molar-refractivity contribution < 1.29 is 23.8 Å². The Morgan fingerprint density at radius 2 is 1.68 bits per heavy atom. The molecule has 150 valence electrons. The Kier molecular flexibility index (Phi) is 8.14. The summed E-state index contributed by atoms with van der Waals surface area (Å²) in [4.78, 5) is 24.0. The summed E-state index contributed by atoms with van der Waals surface area (Å²) in [5.41, 5.74) is 1.47. The van der Waals surface area contributed by atoms with Crippen molar-refractivity contribution in [2.45, 2.75) is 20.3 Å². The van der Waals surface area contributed by atoms with E-state index in [4.69, 9.17) is 14.2 Å². The SMILES string of the molecule is CCOc1ccc(CCNC(=O)C(=O)Nc2cccc(OC)c2)cc1OCC. The third-order valence-corrected chi connectivity index (χ3v) is 3.84. The number of methoxy groups -OCH3 is 1. The number of ether oxygens (including phenoxy) is 3. The van der Waals surface area contributed by atoms with Gasteiger partial charge in [-0.3, -0.25) is 9.59 Å². The standard InChI is InChI=1S/C21H26N2O5/c1-4-27-18-10-9-15(13-19(18)28-5-2)11-12-22-20(24)21(25)23-16-7-6-8-17(14-16)26-3/h6-10,13-14H,4-5,11-12H2,1-3H3,(H,22,24)(H,23,25). The molecule has 7 nitrogen and oxygen atoms in total. The monoisotopic (exact) mass is 386 g/mol. The minimum Gasteiger partial charge on any atom is -0.497 e. The normalized spacial score (nSPS) is 10.1. The summed E-state index contributed by atoms with van der Waals surface area (Å²) in [6.07, 6.45) is 0.560. The summed E-state index contributed by atoms with van der Waals surface area (Å²) in [5.74, 6) is 0.534. The van der Waals surface area contributed by atoms with Crippen LogP contribution in [0.5, 0.6) is 17.2 Å². The molecule has 0 radical (unpaired) electrons. The maximum atomic E-state index is 12.0. The number of amides is 2.